The summed E-state index contributed by atoms with van der Waals surface area (Å²) in [7, 11) is 0. The van der Waals surface area contributed by atoms with Gasteiger partial charge >= 0.3 is 0 Å². The van der Waals surface area contributed by atoms with Crippen molar-refractivity contribution in [3.8, 4) is 33.6 Å². The van der Waals surface area contributed by atoms with Crippen molar-refractivity contribution in [2.45, 2.75) is 0 Å². The molecule has 4 aromatic carbocycles. The zero-order chi connectivity index (χ0) is 19.6. The largest absolute Gasteiger partial charge is 0.244 e. The predicted octanol–water partition coefficient (Wildman–Crippen LogP) is 6.77. The van der Waals surface area contributed by atoms with Gasteiger partial charge in [-0.3, -0.25) is 0 Å². The van der Waals surface area contributed by atoms with Crippen LogP contribution >= 0.6 is 0 Å². The molecule has 1 heterocycles. The van der Waals surface area contributed by atoms with Crippen LogP contribution in [0.4, 0.5) is 4.39 Å². The molecule has 0 saturated heterocycles. The van der Waals surface area contributed by atoms with E-state index in [2.05, 4.69) is 24.3 Å². The Morgan fingerprint density at radius 2 is 1.00 bits per heavy atom. The standard InChI is InChI=1S/C26H17FN2/c27-22-15-13-19(14-16-22)25-26(29-24-12-5-4-11-23(24)28-25)21-10-6-9-20(17-21)18-7-2-1-3-8-18/h1-17H. The lowest BCUT2D eigenvalue weighted by molar-refractivity contribution is 0.628. The molecule has 0 fully saturated rings. The van der Waals surface area contributed by atoms with Gasteiger partial charge in [0.1, 0.15) is 5.82 Å². The maximum atomic E-state index is 13.5. The Bertz CT molecular complexity index is 1300. The molecular formula is C26H17FN2. The van der Waals surface area contributed by atoms with Gasteiger partial charge in [-0.1, -0.05) is 60.7 Å². The molecule has 5 rings (SSSR count). The molecule has 2 nitrogen and oxygen atoms in total. The summed E-state index contributed by atoms with van der Waals surface area (Å²) in [5.74, 6) is -0.268. The Morgan fingerprint density at radius 3 is 1.69 bits per heavy atom. The van der Waals surface area contributed by atoms with Crippen molar-refractivity contribution in [1.82, 2.24) is 9.97 Å². The highest BCUT2D eigenvalue weighted by Crippen LogP contribution is 2.33. The number of hydrogen-bond donors (Lipinski definition) is 0. The molecule has 0 bridgehead atoms. The summed E-state index contributed by atoms with van der Waals surface area (Å²) < 4.78 is 13.5. The van der Waals surface area contributed by atoms with Crippen molar-refractivity contribution in [3.63, 3.8) is 0 Å². The highest BCUT2D eigenvalue weighted by molar-refractivity contribution is 5.87. The molecule has 29 heavy (non-hydrogen) atoms. The highest BCUT2D eigenvalue weighted by Gasteiger charge is 2.14. The minimum absolute atomic E-state index is 0.268. The maximum Gasteiger partial charge on any atom is 0.123 e. The van der Waals surface area contributed by atoms with E-state index in [0.717, 1.165) is 44.7 Å². The number of fused-ring (bicyclic) bond motifs is 1. The molecule has 0 N–H and O–H groups in total. The Kier molecular flexibility index (Phi) is 4.34. The summed E-state index contributed by atoms with van der Waals surface area (Å²) in [4.78, 5) is 9.79. The first-order valence-electron chi connectivity index (χ1n) is 9.46. The second-order valence-corrected chi connectivity index (χ2v) is 6.86. The Hall–Kier alpha value is -3.85. The van der Waals surface area contributed by atoms with E-state index in [9.17, 15) is 4.39 Å². The lowest BCUT2D eigenvalue weighted by Gasteiger charge is -2.12. The van der Waals surface area contributed by atoms with Crippen molar-refractivity contribution in [3.05, 3.63) is 109 Å². The molecular weight excluding hydrogens is 359 g/mol. The van der Waals surface area contributed by atoms with Gasteiger partial charge < -0.3 is 0 Å². The van der Waals surface area contributed by atoms with Gasteiger partial charge in [0.25, 0.3) is 0 Å². The van der Waals surface area contributed by atoms with E-state index in [1.807, 2.05) is 54.6 Å². The molecule has 138 valence electrons. The summed E-state index contributed by atoms with van der Waals surface area (Å²) in [6, 6.07) is 32.7. The number of aromatic nitrogens is 2. The highest BCUT2D eigenvalue weighted by atomic mass is 19.1. The molecule has 0 amide bonds. The topological polar surface area (TPSA) is 25.8 Å². The molecule has 0 spiro atoms. The van der Waals surface area contributed by atoms with Gasteiger partial charge in [0.15, 0.2) is 0 Å². The van der Waals surface area contributed by atoms with E-state index in [0.29, 0.717) is 0 Å². The van der Waals surface area contributed by atoms with Crippen LogP contribution < -0.4 is 0 Å². The smallest absolute Gasteiger partial charge is 0.123 e. The van der Waals surface area contributed by atoms with Crippen LogP contribution in [0.2, 0.25) is 0 Å². The normalized spacial score (nSPS) is 10.9. The van der Waals surface area contributed by atoms with Crippen molar-refractivity contribution in [2.75, 3.05) is 0 Å². The average molecular weight is 376 g/mol. The van der Waals surface area contributed by atoms with Crippen LogP contribution in [0.5, 0.6) is 0 Å². The Morgan fingerprint density at radius 1 is 0.448 bits per heavy atom. The number of rotatable bonds is 3. The minimum Gasteiger partial charge on any atom is -0.244 e. The molecule has 0 saturated carbocycles. The van der Waals surface area contributed by atoms with Crippen LogP contribution in [0, 0.1) is 5.82 Å². The van der Waals surface area contributed by atoms with Crippen LogP contribution in [-0.2, 0) is 0 Å². The first kappa shape index (κ1) is 17.3. The molecule has 0 radical (unpaired) electrons. The van der Waals surface area contributed by atoms with Gasteiger partial charge in [-0.15, -0.1) is 0 Å². The predicted molar refractivity (Wildman–Crippen MR) is 116 cm³/mol. The van der Waals surface area contributed by atoms with Gasteiger partial charge in [0.2, 0.25) is 0 Å². The molecule has 0 aliphatic rings. The summed E-state index contributed by atoms with van der Waals surface area (Å²) in [6.45, 7) is 0. The third-order valence-corrected chi connectivity index (χ3v) is 4.93. The van der Waals surface area contributed by atoms with E-state index in [4.69, 9.17) is 9.97 Å². The third-order valence-electron chi connectivity index (χ3n) is 4.93. The Labute approximate surface area is 168 Å². The lowest BCUT2D eigenvalue weighted by atomic mass is 9.99. The molecule has 5 aromatic rings. The van der Waals surface area contributed by atoms with E-state index in [1.54, 1.807) is 12.1 Å². The summed E-state index contributed by atoms with van der Waals surface area (Å²) in [6.07, 6.45) is 0. The van der Waals surface area contributed by atoms with Crippen LogP contribution in [0.3, 0.4) is 0 Å². The van der Waals surface area contributed by atoms with Gasteiger partial charge in [-0.2, -0.15) is 0 Å². The van der Waals surface area contributed by atoms with Gasteiger partial charge in [0, 0.05) is 11.1 Å². The van der Waals surface area contributed by atoms with Crippen molar-refractivity contribution in [2.24, 2.45) is 0 Å². The first-order chi connectivity index (χ1) is 14.3. The number of nitrogens with zero attached hydrogens (tertiary/aromatic N) is 2. The van der Waals surface area contributed by atoms with E-state index >= 15 is 0 Å². The monoisotopic (exact) mass is 376 g/mol. The average Bonchev–Trinajstić information content (AvgIpc) is 2.79. The second kappa shape index (κ2) is 7.28. The first-order valence-corrected chi connectivity index (χ1v) is 9.46. The maximum absolute atomic E-state index is 13.5. The fourth-order valence-electron chi connectivity index (χ4n) is 3.49. The number of para-hydroxylation sites is 2. The lowest BCUT2D eigenvalue weighted by Crippen LogP contribution is -1.96. The minimum atomic E-state index is -0.268. The zero-order valence-corrected chi connectivity index (χ0v) is 15.6. The molecule has 3 heteroatoms. The summed E-state index contributed by atoms with van der Waals surface area (Å²) >= 11 is 0. The molecule has 0 atom stereocenters. The summed E-state index contributed by atoms with van der Waals surface area (Å²) in [5, 5.41) is 0. The van der Waals surface area contributed by atoms with Crippen LogP contribution in [-0.4, -0.2) is 9.97 Å². The van der Waals surface area contributed by atoms with Gasteiger partial charge in [0.05, 0.1) is 22.4 Å². The number of hydrogen-bond acceptors (Lipinski definition) is 2. The zero-order valence-electron chi connectivity index (χ0n) is 15.6. The van der Waals surface area contributed by atoms with Crippen LogP contribution in [0.25, 0.3) is 44.7 Å². The third kappa shape index (κ3) is 3.39. The van der Waals surface area contributed by atoms with Crippen molar-refractivity contribution in [1.29, 1.82) is 0 Å². The molecule has 0 aliphatic carbocycles. The van der Waals surface area contributed by atoms with Crippen LogP contribution in [0.1, 0.15) is 0 Å². The Balaban J connectivity index is 1.74. The van der Waals surface area contributed by atoms with Crippen molar-refractivity contribution < 1.29 is 4.39 Å². The second-order valence-electron chi connectivity index (χ2n) is 6.86. The number of benzene rings is 4. The molecule has 0 unspecified atom stereocenters. The van der Waals surface area contributed by atoms with Gasteiger partial charge in [-0.05, 0) is 53.6 Å². The molecule has 1 aromatic heterocycles. The fraction of sp³-hybridized carbons (Fsp3) is 0. The fourth-order valence-corrected chi connectivity index (χ4v) is 3.49. The number of halogens is 1. The molecule has 0 aliphatic heterocycles. The summed E-state index contributed by atoms with van der Waals surface area (Å²) in [5.41, 5.74) is 7.25. The van der Waals surface area contributed by atoms with Crippen molar-refractivity contribution >= 4 is 11.0 Å². The van der Waals surface area contributed by atoms with E-state index < -0.39 is 0 Å². The van der Waals surface area contributed by atoms with E-state index in [1.165, 1.54) is 12.1 Å². The van der Waals surface area contributed by atoms with Gasteiger partial charge in [-0.25, -0.2) is 14.4 Å². The quantitative estimate of drug-likeness (QED) is 0.347. The van der Waals surface area contributed by atoms with Crippen LogP contribution in [0.15, 0.2) is 103 Å². The SMILES string of the molecule is Fc1ccc(-c2nc3ccccc3nc2-c2cccc(-c3ccccc3)c2)cc1. The van der Waals surface area contributed by atoms with E-state index in [-0.39, 0.29) is 5.82 Å².